The first-order valence-corrected chi connectivity index (χ1v) is 8.65. The molecule has 0 aliphatic heterocycles. The summed E-state index contributed by atoms with van der Waals surface area (Å²) in [4.78, 5) is 10.1. The van der Waals surface area contributed by atoms with Crippen molar-refractivity contribution in [3.63, 3.8) is 0 Å². The molecule has 0 saturated heterocycles. The average Bonchev–Trinajstić information content (AvgIpc) is 2.55. The van der Waals surface area contributed by atoms with Gasteiger partial charge >= 0.3 is 0 Å². The van der Waals surface area contributed by atoms with E-state index in [1.54, 1.807) is 6.07 Å². The van der Waals surface area contributed by atoms with Crippen LogP contribution < -0.4 is 4.74 Å². The molecule has 0 radical (unpaired) electrons. The summed E-state index contributed by atoms with van der Waals surface area (Å²) in [6.45, 7) is 2.30. The highest BCUT2D eigenvalue weighted by Gasteiger charge is 2.21. The quantitative estimate of drug-likeness (QED) is 0.565. The maximum absolute atomic E-state index is 12.4. The fourth-order valence-corrected chi connectivity index (χ4v) is 3.19. The summed E-state index contributed by atoms with van der Waals surface area (Å²) in [7, 11) is -2.27. The number of hydrogen-bond acceptors (Lipinski definition) is 5. The molecule has 0 unspecified atom stereocenters. The van der Waals surface area contributed by atoms with Gasteiger partial charge in [0.1, 0.15) is 12.4 Å². The molecule has 0 aromatic heterocycles. The summed E-state index contributed by atoms with van der Waals surface area (Å²) in [6.07, 6.45) is 0. The van der Waals surface area contributed by atoms with Crippen molar-refractivity contribution in [2.24, 2.45) is 0 Å². The lowest BCUT2D eigenvalue weighted by Gasteiger charge is -2.17. The van der Waals surface area contributed by atoms with E-state index in [4.69, 9.17) is 4.74 Å². The van der Waals surface area contributed by atoms with E-state index in [-0.39, 0.29) is 23.7 Å². The molecule has 2 rings (SSSR count). The van der Waals surface area contributed by atoms with Gasteiger partial charge < -0.3 is 4.74 Å². The molecule has 0 N–H and O–H groups in total. The number of rotatable bonds is 7. The van der Waals surface area contributed by atoms with Gasteiger partial charge in [0.15, 0.2) is 0 Å². The van der Waals surface area contributed by atoms with Crippen LogP contribution in [0.15, 0.2) is 53.4 Å². The van der Waals surface area contributed by atoms with E-state index in [0.29, 0.717) is 5.75 Å². The third kappa shape index (κ3) is 4.30. The van der Waals surface area contributed by atoms with Gasteiger partial charge in [0.2, 0.25) is 10.0 Å². The highest BCUT2D eigenvalue weighted by atomic mass is 32.2. The molecule has 8 heteroatoms. The van der Waals surface area contributed by atoms with Crippen LogP contribution in [0.5, 0.6) is 5.75 Å². The Hall–Kier alpha value is -2.45. The molecular weight excluding hydrogens is 332 g/mol. The number of sulfonamides is 1. The molecule has 0 bridgehead atoms. The summed E-state index contributed by atoms with van der Waals surface area (Å²) in [5.74, 6) is 0.677. The number of likely N-dealkylation sites (N-methyl/N-ethyl adjacent to an activating group) is 1. The Labute approximate surface area is 140 Å². The molecule has 0 aliphatic carbocycles. The predicted molar refractivity (Wildman–Crippen MR) is 89.6 cm³/mol. The van der Waals surface area contributed by atoms with Crippen molar-refractivity contribution in [1.82, 2.24) is 4.31 Å². The van der Waals surface area contributed by atoms with Crippen molar-refractivity contribution in [3.05, 3.63) is 64.2 Å². The number of nitrogens with zero attached hydrogens (tertiary/aromatic N) is 2. The first-order valence-electron chi connectivity index (χ1n) is 7.21. The van der Waals surface area contributed by atoms with Crippen LogP contribution >= 0.6 is 0 Å². The summed E-state index contributed by atoms with van der Waals surface area (Å²) in [5.41, 5.74) is 0.902. The maximum Gasteiger partial charge on any atom is 0.269 e. The van der Waals surface area contributed by atoms with Crippen molar-refractivity contribution >= 4 is 15.7 Å². The minimum Gasteiger partial charge on any atom is -0.492 e. The Kier molecular flexibility index (Phi) is 5.53. The molecule has 2 aromatic carbocycles. The maximum atomic E-state index is 12.4. The molecular formula is C16H18N2O5S. The van der Waals surface area contributed by atoms with E-state index in [0.717, 1.165) is 9.87 Å². The largest absolute Gasteiger partial charge is 0.492 e. The first-order chi connectivity index (χ1) is 11.3. The van der Waals surface area contributed by atoms with Crippen LogP contribution in [0.25, 0.3) is 0 Å². The van der Waals surface area contributed by atoms with Gasteiger partial charge in [-0.3, -0.25) is 10.1 Å². The topological polar surface area (TPSA) is 89.8 Å². The smallest absolute Gasteiger partial charge is 0.269 e. The number of hydrogen-bond donors (Lipinski definition) is 0. The minimum absolute atomic E-state index is 0.00570. The summed E-state index contributed by atoms with van der Waals surface area (Å²) in [6, 6.07) is 12.3. The molecule has 0 atom stereocenters. The highest BCUT2D eigenvalue weighted by Crippen LogP contribution is 2.19. The van der Waals surface area contributed by atoms with Gasteiger partial charge in [-0.05, 0) is 36.8 Å². The molecule has 0 heterocycles. The third-order valence-corrected chi connectivity index (χ3v) is 5.29. The van der Waals surface area contributed by atoms with Crippen molar-refractivity contribution in [2.45, 2.75) is 11.8 Å². The van der Waals surface area contributed by atoms with Gasteiger partial charge in [-0.25, -0.2) is 8.42 Å². The number of nitro benzene ring substituents is 1. The summed E-state index contributed by atoms with van der Waals surface area (Å²) >= 11 is 0. The summed E-state index contributed by atoms with van der Waals surface area (Å²) in [5, 5.41) is 10.6. The molecule has 7 nitrogen and oxygen atoms in total. The predicted octanol–water partition coefficient (Wildman–Crippen LogP) is 2.60. The molecule has 128 valence electrons. The highest BCUT2D eigenvalue weighted by molar-refractivity contribution is 7.89. The van der Waals surface area contributed by atoms with Crippen LogP contribution in [-0.2, 0) is 10.0 Å². The molecule has 0 fully saturated rings. The normalized spacial score (nSPS) is 11.5. The number of non-ortho nitro benzene ring substituents is 1. The molecule has 0 aliphatic rings. The number of aryl methyl sites for hydroxylation is 1. The third-order valence-electron chi connectivity index (χ3n) is 3.42. The zero-order chi connectivity index (χ0) is 17.7. The minimum atomic E-state index is -3.71. The Morgan fingerprint density at radius 3 is 2.42 bits per heavy atom. The second kappa shape index (κ2) is 7.41. The summed E-state index contributed by atoms with van der Waals surface area (Å²) < 4.78 is 31.5. The molecule has 24 heavy (non-hydrogen) atoms. The van der Waals surface area contributed by atoms with Gasteiger partial charge in [-0.1, -0.05) is 12.1 Å². The van der Waals surface area contributed by atoms with Gasteiger partial charge in [-0.15, -0.1) is 0 Å². The Morgan fingerprint density at radius 1 is 1.17 bits per heavy atom. The van der Waals surface area contributed by atoms with Gasteiger partial charge in [-0.2, -0.15) is 4.31 Å². The number of ether oxygens (including phenoxy) is 1. The monoisotopic (exact) mass is 350 g/mol. The van der Waals surface area contributed by atoms with Gasteiger partial charge in [0, 0.05) is 25.7 Å². The van der Waals surface area contributed by atoms with E-state index < -0.39 is 14.9 Å². The second-order valence-electron chi connectivity index (χ2n) is 5.24. The van der Waals surface area contributed by atoms with E-state index in [2.05, 4.69) is 0 Å². The average molecular weight is 350 g/mol. The van der Waals surface area contributed by atoms with E-state index in [1.807, 2.05) is 25.1 Å². The van der Waals surface area contributed by atoms with Crippen LogP contribution in [0.3, 0.4) is 0 Å². The van der Waals surface area contributed by atoms with Crippen LogP contribution in [0.4, 0.5) is 5.69 Å². The van der Waals surface area contributed by atoms with E-state index in [1.165, 1.54) is 31.3 Å². The van der Waals surface area contributed by atoms with Crippen LogP contribution in [0.1, 0.15) is 5.56 Å². The standard InChI is InChI=1S/C16H18N2O5S/c1-13-4-3-5-15(12-13)23-11-10-17(2)24(21,22)16-8-6-14(7-9-16)18(19)20/h3-9,12H,10-11H2,1-2H3. The van der Waals surface area contributed by atoms with Crippen LogP contribution in [0.2, 0.25) is 0 Å². The van der Waals surface area contributed by atoms with Crippen LogP contribution in [-0.4, -0.2) is 37.8 Å². The number of benzene rings is 2. The zero-order valence-electron chi connectivity index (χ0n) is 13.4. The zero-order valence-corrected chi connectivity index (χ0v) is 14.2. The van der Waals surface area contributed by atoms with Gasteiger partial charge in [0.25, 0.3) is 5.69 Å². The first kappa shape index (κ1) is 17.9. The second-order valence-corrected chi connectivity index (χ2v) is 7.29. The lowest BCUT2D eigenvalue weighted by molar-refractivity contribution is -0.384. The van der Waals surface area contributed by atoms with Crippen molar-refractivity contribution in [1.29, 1.82) is 0 Å². The van der Waals surface area contributed by atoms with Crippen LogP contribution in [0, 0.1) is 17.0 Å². The SMILES string of the molecule is Cc1cccc(OCCN(C)S(=O)(=O)c2ccc([N+](=O)[O-])cc2)c1. The van der Waals surface area contributed by atoms with Crippen molar-refractivity contribution in [3.8, 4) is 5.75 Å². The fourth-order valence-electron chi connectivity index (χ4n) is 2.04. The Balaban J connectivity index is 1.99. The van der Waals surface area contributed by atoms with E-state index >= 15 is 0 Å². The molecule has 0 amide bonds. The molecule has 0 saturated carbocycles. The number of nitro groups is 1. The van der Waals surface area contributed by atoms with Gasteiger partial charge in [0.05, 0.1) is 9.82 Å². The fraction of sp³-hybridized carbons (Fsp3) is 0.250. The van der Waals surface area contributed by atoms with E-state index in [9.17, 15) is 18.5 Å². The van der Waals surface area contributed by atoms with Crippen molar-refractivity contribution < 1.29 is 18.1 Å². The Bertz CT molecular complexity index is 819. The lowest BCUT2D eigenvalue weighted by Crippen LogP contribution is -2.31. The molecule has 0 spiro atoms. The molecule has 2 aromatic rings. The lowest BCUT2D eigenvalue weighted by atomic mass is 10.2. The Morgan fingerprint density at radius 2 is 1.83 bits per heavy atom. The van der Waals surface area contributed by atoms with Crippen molar-refractivity contribution in [2.75, 3.05) is 20.2 Å².